The van der Waals surface area contributed by atoms with Gasteiger partial charge < -0.3 is 4.57 Å². The molecule has 1 atom stereocenters. The molecule has 3 rings (SSSR count). The molecule has 2 aromatic carbocycles. The second-order valence-corrected chi connectivity index (χ2v) is 6.77. The Kier molecular flexibility index (Phi) is 5.38. The zero-order valence-electron chi connectivity index (χ0n) is 14.6. The van der Waals surface area contributed by atoms with Gasteiger partial charge in [-0.05, 0) is 24.5 Å². The van der Waals surface area contributed by atoms with E-state index < -0.39 is 0 Å². The largest absolute Gasteiger partial charge is 0.340 e. The van der Waals surface area contributed by atoms with Crippen LogP contribution in [0.3, 0.4) is 0 Å². The molecule has 1 heterocycles. The van der Waals surface area contributed by atoms with E-state index >= 15 is 0 Å². The SMILES string of the molecule is CCCCCCC(CC)Cn1c2ccccc2c2ccccc21. The summed E-state index contributed by atoms with van der Waals surface area (Å²) in [4.78, 5) is 0. The highest BCUT2D eigenvalue weighted by atomic mass is 15.0. The highest BCUT2D eigenvalue weighted by Crippen LogP contribution is 2.30. The molecule has 1 heteroatoms. The average Bonchev–Trinajstić information content (AvgIpc) is 2.92. The van der Waals surface area contributed by atoms with Crippen molar-refractivity contribution in [2.45, 2.75) is 58.9 Å². The molecule has 1 nitrogen and oxygen atoms in total. The molecule has 0 saturated carbocycles. The third-order valence-corrected chi connectivity index (χ3v) is 5.16. The molecular weight excluding hydrogens is 278 g/mol. The van der Waals surface area contributed by atoms with Gasteiger partial charge in [-0.3, -0.25) is 0 Å². The lowest BCUT2D eigenvalue weighted by atomic mass is 9.98. The standard InChI is InChI=1S/C22H29N/c1-3-5-6-7-12-18(4-2)17-23-21-15-10-8-13-19(21)20-14-9-11-16-22(20)23/h8-11,13-16,18H,3-7,12,17H2,1-2H3. The van der Waals surface area contributed by atoms with Crippen molar-refractivity contribution >= 4 is 21.8 Å². The van der Waals surface area contributed by atoms with Crippen LogP contribution in [0.4, 0.5) is 0 Å². The van der Waals surface area contributed by atoms with E-state index in [2.05, 4.69) is 66.9 Å². The summed E-state index contributed by atoms with van der Waals surface area (Å²) in [5, 5.41) is 2.79. The highest BCUT2D eigenvalue weighted by Gasteiger charge is 2.13. The molecule has 0 aliphatic rings. The molecule has 0 N–H and O–H groups in total. The summed E-state index contributed by atoms with van der Waals surface area (Å²) in [7, 11) is 0. The Morgan fingerprint density at radius 2 is 1.39 bits per heavy atom. The molecule has 0 amide bonds. The van der Waals surface area contributed by atoms with Crippen molar-refractivity contribution < 1.29 is 0 Å². The summed E-state index contributed by atoms with van der Waals surface area (Å²) in [5.74, 6) is 0.783. The van der Waals surface area contributed by atoms with Gasteiger partial charge in [0.1, 0.15) is 0 Å². The van der Waals surface area contributed by atoms with Crippen LogP contribution in [0.15, 0.2) is 48.5 Å². The van der Waals surface area contributed by atoms with Crippen molar-refractivity contribution in [3.8, 4) is 0 Å². The Hall–Kier alpha value is -1.76. The maximum Gasteiger partial charge on any atom is 0.0491 e. The van der Waals surface area contributed by atoms with Gasteiger partial charge in [0.05, 0.1) is 0 Å². The number of nitrogens with zero attached hydrogens (tertiary/aromatic N) is 1. The Bertz CT molecular complexity index is 700. The maximum absolute atomic E-state index is 2.55. The predicted molar refractivity (Wildman–Crippen MR) is 102 cm³/mol. The lowest BCUT2D eigenvalue weighted by Gasteiger charge is -2.17. The smallest absolute Gasteiger partial charge is 0.0491 e. The first-order valence-electron chi connectivity index (χ1n) is 9.31. The molecule has 0 aliphatic carbocycles. The van der Waals surface area contributed by atoms with E-state index in [0.717, 1.165) is 12.5 Å². The van der Waals surface area contributed by atoms with Gasteiger partial charge in [0.15, 0.2) is 0 Å². The molecule has 1 unspecified atom stereocenters. The summed E-state index contributed by atoms with van der Waals surface area (Å²) >= 11 is 0. The normalized spacial score (nSPS) is 13.0. The van der Waals surface area contributed by atoms with Gasteiger partial charge in [-0.1, -0.05) is 82.3 Å². The fourth-order valence-electron chi connectivity index (χ4n) is 3.74. The average molecular weight is 307 g/mol. The van der Waals surface area contributed by atoms with E-state index in [9.17, 15) is 0 Å². The lowest BCUT2D eigenvalue weighted by Crippen LogP contribution is -2.10. The number of hydrogen-bond donors (Lipinski definition) is 0. The minimum atomic E-state index is 0.783. The van der Waals surface area contributed by atoms with Crippen molar-refractivity contribution in [3.63, 3.8) is 0 Å². The van der Waals surface area contributed by atoms with E-state index in [4.69, 9.17) is 0 Å². The third kappa shape index (κ3) is 3.44. The van der Waals surface area contributed by atoms with Gasteiger partial charge >= 0.3 is 0 Å². The van der Waals surface area contributed by atoms with Gasteiger partial charge in [0.2, 0.25) is 0 Å². The number of rotatable bonds is 8. The maximum atomic E-state index is 2.55. The van der Waals surface area contributed by atoms with Crippen LogP contribution in [-0.4, -0.2) is 4.57 Å². The molecule has 0 bridgehead atoms. The van der Waals surface area contributed by atoms with Crippen LogP contribution in [0.2, 0.25) is 0 Å². The lowest BCUT2D eigenvalue weighted by molar-refractivity contribution is 0.394. The zero-order valence-corrected chi connectivity index (χ0v) is 14.6. The molecule has 23 heavy (non-hydrogen) atoms. The number of benzene rings is 2. The number of hydrogen-bond acceptors (Lipinski definition) is 0. The van der Waals surface area contributed by atoms with Crippen LogP contribution < -0.4 is 0 Å². The second kappa shape index (κ2) is 7.68. The first kappa shape index (κ1) is 16.1. The van der Waals surface area contributed by atoms with Crippen LogP contribution in [-0.2, 0) is 6.54 Å². The van der Waals surface area contributed by atoms with E-state index in [1.54, 1.807) is 0 Å². The number of para-hydroxylation sites is 2. The summed E-state index contributed by atoms with van der Waals surface area (Å²) < 4.78 is 2.55. The fourth-order valence-corrected chi connectivity index (χ4v) is 3.74. The first-order valence-corrected chi connectivity index (χ1v) is 9.31. The quantitative estimate of drug-likeness (QED) is 0.404. The van der Waals surface area contributed by atoms with Crippen molar-refractivity contribution in [1.29, 1.82) is 0 Å². The third-order valence-electron chi connectivity index (χ3n) is 5.16. The minimum Gasteiger partial charge on any atom is -0.340 e. The molecule has 0 radical (unpaired) electrons. The summed E-state index contributed by atoms with van der Waals surface area (Å²) in [6, 6.07) is 17.7. The van der Waals surface area contributed by atoms with E-state index in [0.29, 0.717) is 0 Å². The van der Waals surface area contributed by atoms with Gasteiger partial charge in [-0.2, -0.15) is 0 Å². The van der Waals surface area contributed by atoms with Crippen LogP contribution in [0.5, 0.6) is 0 Å². The van der Waals surface area contributed by atoms with Gasteiger partial charge in [-0.15, -0.1) is 0 Å². The van der Waals surface area contributed by atoms with E-state index in [1.807, 2.05) is 0 Å². The molecule has 1 aromatic heterocycles. The monoisotopic (exact) mass is 307 g/mol. The number of fused-ring (bicyclic) bond motifs is 3. The minimum absolute atomic E-state index is 0.783. The van der Waals surface area contributed by atoms with Gasteiger partial charge in [-0.25, -0.2) is 0 Å². The van der Waals surface area contributed by atoms with Crippen LogP contribution in [0.1, 0.15) is 52.4 Å². The Morgan fingerprint density at radius 1 is 0.783 bits per heavy atom. The van der Waals surface area contributed by atoms with Gasteiger partial charge in [0.25, 0.3) is 0 Å². The van der Waals surface area contributed by atoms with E-state index in [1.165, 1.54) is 60.3 Å². The Labute approximate surface area is 140 Å². The predicted octanol–water partition coefficient (Wildman–Crippen LogP) is 6.79. The zero-order chi connectivity index (χ0) is 16.1. The summed E-state index contributed by atoms with van der Waals surface area (Å²) in [6.45, 7) is 5.78. The molecule has 0 saturated heterocycles. The van der Waals surface area contributed by atoms with Crippen LogP contribution in [0, 0.1) is 5.92 Å². The van der Waals surface area contributed by atoms with Crippen molar-refractivity contribution in [2.75, 3.05) is 0 Å². The molecular formula is C22H29N. The van der Waals surface area contributed by atoms with Crippen molar-refractivity contribution in [1.82, 2.24) is 4.57 Å². The molecule has 0 spiro atoms. The Balaban J connectivity index is 1.88. The fraction of sp³-hybridized carbons (Fsp3) is 0.455. The molecule has 0 fully saturated rings. The van der Waals surface area contributed by atoms with Crippen molar-refractivity contribution in [2.24, 2.45) is 5.92 Å². The van der Waals surface area contributed by atoms with Crippen LogP contribution >= 0.6 is 0 Å². The topological polar surface area (TPSA) is 4.93 Å². The number of aromatic nitrogens is 1. The highest BCUT2D eigenvalue weighted by molar-refractivity contribution is 6.07. The first-order chi connectivity index (χ1) is 11.3. The number of unbranched alkanes of at least 4 members (excludes halogenated alkanes) is 3. The molecule has 3 aromatic rings. The van der Waals surface area contributed by atoms with Crippen molar-refractivity contribution in [3.05, 3.63) is 48.5 Å². The molecule has 0 aliphatic heterocycles. The van der Waals surface area contributed by atoms with Crippen LogP contribution in [0.25, 0.3) is 21.8 Å². The van der Waals surface area contributed by atoms with E-state index in [-0.39, 0.29) is 0 Å². The van der Waals surface area contributed by atoms with Gasteiger partial charge in [0, 0.05) is 28.4 Å². The summed E-state index contributed by atoms with van der Waals surface area (Å²) in [6.07, 6.45) is 8.10. The summed E-state index contributed by atoms with van der Waals surface area (Å²) in [5.41, 5.74) is 2.78. The molecule has 122 valence electrons. The second-order valence-electron chi connectivity index (χ2n) is 6.77. The Morgan fingerprint density at radius 3 is 1.96 bits per heavy atom.